The molecule has 0 radical (unpaired) electrons. The first kappa shape index (κ1) is 46.3. The zero-order chi connectivity index (χ0) is 55.9. The van der Waals surface area contributed by atoms with Gasteiger partial charge in [0.05, 0.1) is 22.7 Å². The molecular weight excluding hydrogens is 1040 g/mol. The number of rotatable bonds is 6. The van der Waals surface area contributed by atoms with E-state index < -0.39 is 0 Å². The molecule has 14 aromatic carbocycles. The van der Waals surface area contributed by atoms with E-state index in [2.05, 4.69) is 321 Å². The van der Waals surface area contributed by atoms with Crippen LogP contribution in [-0.4, -0.2) is 13.4 Å². The lowest BCUT2D eigenvalue weighted by Gasteiger charge is -2.52. The maximum atomic E-state index is 2.68. The predicted octanol–water partition coefficient (Wildman–Crippen LogP) is 16.9. The van der Waals surface area contributed by atoms with E-state index in [1.807, 2.05) is 0 Å². The second-order valence-corrected chi connectivity index (χ2v) is 23.5. The maximum Gasteiger partial charge on any atom is 0.257 e. The first-order valence-corrected chi connectivity index (χ1v) is 29.9. The fourth-order valence-corrected chi connectivity index (χ4v) is 16.2. The molecule has 0 aliphatic carbocycles. The van der Waals surface area contributed by atoms with Gasteiger partial charge in [-0.2, -0.15) is 0 Å². The summed E-state index contributed by atoms with van der Waals surface area (Å²) in [5, 5.41) is 7.22. The quantitative estimate of drug-likeness (QED) is 0.154. The van der Waals surface area contributed by atoms with Crippen molar-refractivity contribution >= 4 is 181 Å². The van der Waals surface area contributed by atoms with E-state index in [0.29, 0.717) is 0 Å². The van der Waals surface area contributed by atoms with Crippen LogP contribution in [0.25, 0.3) is 32.3 Å². The number of nitrogens with zero attached hydrogens (tertiary/aromatic N) is 6. The molecule has 0 saturated carbocycles. The molecule has 0 amide bonds. The van der Waals surface area contributed by atoms with E-state index in [9.17, 15) is 0 Å². The average molecular weight is 1090 g/mol. The summed E-state index contributed by atoms with van der Waals surface area (Å²) in [4.78, 5) is 15.7. The van der Waals surface area contributed by atoms with Gasteiger partial charge in [0.2, 0.25) is 0 Å². The zero-order valence-electron chi connectivity index (χ0n) is 46.6. The molecule has 14 aromatic rings. The standard InChI is InChI=1S/C78H48B2N6/c1-7-27-52(28-8-1)81-60-41-23-43-62-69(60)79-71-66(45-49-25-19-21-39-58(49)75(71)83(62)54-31-11-3-12-32-54)85(56-35-15-5-16-36-56)77-68-51(47-64(81)73(77)79)48-65-74-78(68)86(57-37-17-6-18-38-57)67-46-50-26-20-22-40-59(50)76-72(67)80(74)70-61(82(65)53-29-9-2-10-30-53)42-24-44-63(70)84(76)55-33-13-4-14-34-55/h1-48H. The van der Waals surface area contributed by atoms with Gasteiger partial charge in [0.25, 0.3) is 13.4 Å². The summed E-state index contributed by atoms with van der Waals surface area (Å²) in [6.07, 6.45) is 0. The third-order valence-electron chi connectivity index (χ3n) is 19.2. The van der Waals surface area contributed by atoms with Crippen LogP contribution in [0.3, 0.4) is 0 Å². The van der Waals surface area contributed by atoms with Gasteiger partial charge in [-0.05, 0) is 170 Å². The van der Waals surface area contributed by atoms with Crippen LogP contribution in [0, 0.1) is 0 Å². The molecule has 0 fully saturated rings. The smallest absolute Gasteiger partial charge is 0.257 e. The zero-order valence-corrected chi connectivity index (χ0v) is 46.6. The first-order chi connectivity index (χ1) is 42.8. The van der Waals surface area contributed by atoms with E-state index in [1.165, 1.54) is 128 Å². The summed E-state index contributed by atoms with van der Waals surface area (Å²) in [6, 6.07) is 109. The van der Waals surface area contributed by atoms with Crippen molar-refractivity contribution in [1.82, 2.24) is 0 Å². The monoisotopic (exact) mass is 1090 g/mol. The summed E-state index contributed by atoms with van der Waals surface area (Å²) in [5.41, 5.74) is 28.9. The second-order valence-electron chi connectivity index (χ2n) is 23.5. The fraction of sp³-hybridized carbons (Fsp3) is 0. The Balaban J connectivity index is 1.02. The Bertz CT molecular complexity index is 4900. The van der Waals surface area contributed by atoms with Gasteiger partial charge < -0.3 is 29.4 Å². The topological polar surface area (TPSA) is 19.4 Å². The number of anilines is 18. The third-order valence-corrected chi connectivity index (χ3v) is 19.2. The second kappa shape index (κ2) is 17.2. The highest BCUT2D eigenvalue weighted by Gasteiger charge is 2.54. The lowest BCUT2D eigenvalue weighted by molar-refractivity contribution is 1.22. The van der Waals surface area contributed by atoms with Gasteiger partial charge in [-0.1, -0.05) is 170 Å². The molecule has 0 spiro atoms. The summed E-state index contributed by atoms with van der Waals surface area (Å²) < 4.78 is 0. The SMILES string of the molecule is c1ccc(N2c3cccc4c3B3c5c(cc6ccccc6c5N4c4ccccc4)N(c4ccccc4)c4c3c2cc2cc3c5c(c42)N(c2ccccc2)c2cc4ccccc4c4c2B5c2c(cccc2N4c2ccccc2)N3c2ccccc2)cc1. The Kier molecular flexibility index (Phi) is 9.26. The average Bonchev–Trinajstić information content (AvgIpc) is 0.672. The molecule has 6 aliphatic rings. The van der Waals surface area contributed by atoms with Crippen molar-refractivity contribution in [3.63, 3.8) is 0 Å². The highest BCUT2D eigenvalue weighted by Crippen LogP contribution is 2.59. The van der Waals surface area contributed by atoms with E-state index >= 15 is 0 Å². The van der Waals surface area contributed by atoms with Gasteiger partial charge >= 0.3 is 0 Å². The van der Waals surface area contributed by atoms with Gasteiger partial charge in [-0.3, -0.25) is 0 Å². The van der Waals surface area contributed by atoms with E-state index in [4.69, 9.17) is 0 Å². The number of fused-ring (bicyclic) bond motifs is 7. The molecule has 20 rings (SSSR count). The molecule has 0 aromatic heterocycles. The van der Waals surface area contributed by atoms with Crippen molar-refractivity contribution in [3.8, 4) is 0 Å². The van der Waals surface area contributed by atoms with E-state index in [0.717, 1.165) is 39.5 Å². The summed E-state index contributed by atoms with van der Waals surface area (Å²) in [7, 11) is 0. The van der Waals surface area contributed by atoms with Crippen molar-refractivity contribution in [3.05, 3.63) is 291 Å². The Morgan fingerprint density at radius 3 is 0.791 bits per heavy atom. The summed E-state index contributed by atoms with van der Waals surface area (Å²) in [5.74, 6) is 0. The molecular formula is C78H48B2N6. The highest BCUT2D eigenvalue weighted by molar-refractivity contribution is 7.04. The lowest BCUT2D eigenvalue weighted by atomic mass is 9.30. The van der Waals surface area contributed by atoms with Crippen molar-refractivity contribution in [2.75, 3.05) is 29.4 Å². The molecule has 0 N–H and O–H groups in total. The molecule has 6 heterocycles. The summed E-state index contributed by atoms with van der Waals surface area (Å²) in [6.45, 7) is -0.292. The third kappa shape index (κ3) is 5.96. The fourth-order valence-electron chi connectivity index (χ4n) is 16.2. The highest BCUT2D eigenvalue weighted by atomic mass is 15.2. The number of hydrogen-bond acceptors (Lipinski definition) is 6. The Labute approximate surface area is 498 Å². The minimum atomic E-state index is -0.146. The van der Waals surface area contributed by atoms with Gasteiger partial charge in [-0.15, -0.1) is 0 Å². The molecule has 0 saturated heterocycles. The van der Waals surface area contributed by atoms with Crippen molar-refractivity contribution in [1.29, 1.82) is 0 Å². The van der Waals surface area contributed by atoms with Crippen molar-refractivity contribution in [2.45, 2.75) is 0 Å². The lowest BCUT2D eigenvalue weighted by Crippen LogP contribution is -2.66. The van der Waals surface area contributed by atoms with E-state index in [1.54, 1.807) is 0 Å². The normalized spacial score (nSPS) is 14.1. The van der Waals surface area contributed by atoms with Gasteiger partial charge in [0.15, 0.2) is 0 Å². The number of para-hydroxylation sites is 6. The molecule has 0 bridgehead atoms. The van der Waals surface area contributed by atoms with Crippen molar-refractivity contribution < 1.29 is 0 Å². The van der Waals surface area contributed by atoms with Crippen LogP contribution in [0.4, 0.5) is 102 Å². The number of benzene rings is 14. The van der Waals surface area contributed by atoms with E-state index in [-0.39, 0.29) is 13.4 Å². The van der Waals surface area contributed by atoms with Crippen LogP contribution in [0.2, 0.25) is 0 Å². The molecule has 0 unspecified atom stereocenters. The largest absolute Gasteiger partial charge is 0.311 e. The van der Waals surface area contributed by atoms with Crippen LogP contribution >= 0.6 is 0 Å². The number of hydrogen-bond donors (Lipinski definition) is 0. The Morgan fingerprint density at radius 1 is 0.186 bits per heavy atom. The maximum absolute atomic E-state index is 2.68. The molecule has 396 valence electrons. The minimum Gasteiger partial charge on any atom is -0.311 e. The van der Waals surface area contributed by atoms with Crippen LogP contribution in [-0.2, 0) is 0 Å². The minimum absolute atomic E-state index is 0.146. The van der Waals surface area contributed by atoms with Gasteiger partial charge in [0, 0.05) is 95.8 Å². The molecule has 86 heavy (non-hydrogen) atoms. The molecule has 6 aliphatic heterocycles. The molecule has 8 heteroatoms. The Morgan fingerprint density at radius 2 is 0.442 bits per heavy atom. The van der Waals surface area contributed by atoms with Crippen LogP contribution in [0.15, 0.2) is 291 Å². The van der Waals surface area contributed by atoms with Crippen LogP contribution in [0.5, 0.6) is 0 Å². The molecule has 0 atom stereocenters. The van der Waals surface area contributed by atoms with Gasteiger partial charge in [-0.25, -0.2) is 0 Å². The van der Waals surface area contributed by atoms with Crippen LogP contribution in [0.1, 0.15) is 0 Å². The predicted molar refractivity (Wildman–Crippen MR) is 363 cm³/mol. The first-order valence-electron chi connectivity index (χ1n) is 29.9. The van der Waals surface area contributed by atoms with Crippen molar-refractivity contribution in [2.24, 2.45) is 0 Å². The van der Waals surface area contributed by atoms with Gasteiger partial charge in [0.1, 0.15) is 0 Å². The molecule has 6 nitrogen and oxygen atoms in total. The Hall–Kier alpha value is -11.2. The van der Waals surface area contributed by atoms with Crippen LogP contribution < -0.4 is 62.2 Å². The summed E-state index contributed by atoms with van der Waals surface area (Å²) >= 11 is 0.